The molecule has 0 N–H and O–H groups in total. The molecular formula is C19H23N7. The summed E-state index contributed by atoms with van der Waals surface area (Å²) < 4.78 is 1.84. The fraction of sp³-hybridized carbons (Fsp3) is 0.368. The smallest absolute Gasteiger partial charge is 0.225 e. The van der Waals surface area contributed by atoms with E-state index in [0.29, 0.717) is 0 Å². The highest BCUT2D eigenvalue weighted by atomic mass is 15.4. The zero-order valence-electron chi connectivity index (χ0n) is 14.9. The minimum absolute atomic E-state index is 0.226. The van der Waals surface area contributed by atoms with Crippen molar-refractivity contribution in [2.45, 2.75) is 19.4 Å². The van der Waals surface area contributed by atoms with Gasteiger partial charge in [-0.05, 0) is 31.5 Å². The Morgan fingerprint density at radius 2 is 1.73 bits per heavy atom. The summed E-state index contributed by atoms with van der Waals surface area (Å²) in [5, 5.41) is 8.71. The number of nitrogens with zero attached hydrogens (tertiary/aromatic N) is 7. The van der Waals surface area contributed by atoms with Gasteiger partial charge in [-0.15, -0.1) is 5.10 Å². The zero-order valence-corrected chi connectivity index (χ0v) is 14.9. The summed E-state index contributed by atoms with van der Waals surface area (Å²) in [6, 6.07) is 12.2. The molecule has 1 saturated heterocycles. The minimum atomic E-state index is 0.226. The number of rotatable bonds is 4. The molecule has 1 aromatic carbocycles. The van der Waals surface area contributed by atoms with Gasteiger partial charge in [0, 0.05) is 38.6 Å². The van der Waals surface area contributed by atoms with Crippen LogP contribution in [0.25, 0.3) is 5.69 Å². The number of para-hydroxylation sites is 1. The normalized spacial score (nSPS) is 17.0. The Hall–Kier alpha value is -2.80. The largest absolute Gasteiger partial charge is 0.339 e. The van der Waals surface area contributed by atoms with Crippen LogP contribution in [0.5, 0.6) is 0 Å². The second kappa shape index (κ2) is 7.61. The molecule has 134 valence electrons. The van der Waals surface area contributed by atoms with Crippen LogP contribution >= 0.6 is 0 Å². The summed E-state index contributed by atoms with van der Waals surface area (Å²) in [6.07, 6.45) is 6.71. The topological polar surface area (TPSA) is 63.0 Å². The number of aromatic nitrogens is 5. The summed E-state index contributed by atoms with van der Waals surface area (Å²) in [4.78, 5) is 13.5. The first-order valence-corrected chi connectivity index (χ1v) is 9.05. The van der Waals surface area contributed by atoms with E-state index in [-0.39, 0.29) is 6.04 Å². The maximum atomic E-state index is 4.41. The molecule has 0 saturated carbocycles. The highest BCUT2D eigenvalue weighted by Crippen LogP contribution is 2.21. The summed E-state index contributed by atoms with van der Waals surface area (Å²) in [6.45, 7) is 6.08. The molecule has 1 atom stereocenters. The first kappa shape index (κ1) is 16.7. The van der Waals surface area contributed by atoms with Crippen LogP contribution in [-0.2, 0) is 0 Å². The fourth-order valence-corrected chi connectivity index (χ4v) is 3.34. The van der Waals surface area contributed by atoms with Gasteiger partial charge in [-0.2, -0.15) is 0 Å². The van der Waals surface area contributed by atoms with Gasteiger partial charge in [0.15, 0.2) is 0 Å². The SMILES string of the molecule is C[C@@H](c1cn(-c2ccccc2)nn1)N1CCCN(c2ncccn2)CC1. The van der Waals surface area contributed by atoms with Crippen LogP contribution < -0.4 is 4.90 Å². The van der Waals surface area contributed by atoms with Crippen molar-refractivity contribution < 1.29 is 0 Å². The lowest BCUT2D eigenvalue weighted by Gasteiger charge is -2.26. The average Bonchev–Trinajstić information content (AvgIpc) is 3.07. The van der Waals surface area contributed by atoms with Crippen LogP contribution in [0.1, 0.15) is 25.1 Å². The molecule has 0 spiro atoms. The predicted octanol–water partition coefficient (Wildman–Crippen LogP) is 2.33. The van der Waals surface area contributed by atoms with E-state index < -0.39 is 0 Å². The first-order chi connectivity index (χ1) is 12.8. The monoisotopic (exact) mass is 349 g/mol. The maximum Gasteiger partial charge on any atom is 0.225 e. The minimum Gasteiger partial charge on any atom is -0.339 e. The van der Waals surface area contributed by atoms with E-state index in [1.54, 1.807) is 12.4 Å². The molecule has 2 aromatic heterocycles. The van der Waals surface area contributed by atoms with Crippen molar-refractivity contribution in [1.29, 1.82) is 0 Å². The van der Waals surface area contributed by atoms with Gasteiger partial charge in [-0.3, -0.25) is 4.90 Å². The lowest BCUT2D eigenvalue weighted by molar-refractivity contribution is 0.222. The second-order valence-corrected chi connectivity index (χ2v) is 6.52. The van der Waals surface area contributed by atoms with Crippen LogP contribution in [0.3, 0.4) is 0 Å². The second-order valence-electron chi connectivity index (χ2n) is 6.52. The third-order valence-electron chi connectivity index (χ3n) is 4.87. The molecule has 1 aliphatic rings. The van der Waals surface area contributed by atoms with Crippen LogP contribution in [0.15, 0.2) is 55.0 Å². The average molecular weight is 349 g/mol. The molecule has 0 radical (unpaired) electrons. The molecule has 0 amide bonds. The van der Waals surface area contributed by atoms with E-state index in [1.807, 2.05) is 47.3 Å². The van der Waals surface area contributed by atoms with Gasteiger partial charge in [0.2, 0.25) is 5.95 Å². The van der Waals surface area contributed by atoms with Gasteiger partial charge in [0.1, 0.15) is 0 Å². The van der Waals surface area contributed by atoms with Crippen molar-refractivity contribution in [3.05, 3.63) is 60.7 Å². The lowest BCUT2D eigenvalue weighted by Crippen LogP contribution is -2.33. The highest BCUT2D eigenvalue weighted by Gasteiger charge is 2.23. The molecule has 26 heavy (non-hydrogen) atoms. The molecule has 1 aliphatic heterocycles. The van der Waals surface area contributed by atoms with Crippen LogP contribution in [-0.4, -0.2) is 56.0 Å². The van der Waals surface area contributed by atoms with Crippen molar-refractivity contribution >= 4 is 5.95 Å². The van der Waals surface area contributed by atoms with Crippen LogP contribution in [0.2, 0.25) is 0 Å². The Morgan fingerprint density at radius 1 is 0.923 bits per heavy atom. The van der Waals surface area contributed by atoms with E-state index >= 15 is 0 Å². The van der Waals surface area contributed by atoms with Crippen LogP contribution in [0, 0.1) is 0 Å². The number of anilines is 1. The van der Waals surface area contributed by atoms with Crippen molar-refractivity contribution in [2.75, 3.05) is 31.1 Å². The summed E-state index contributed by atoms with van der Waals surface area (Å²) in [5.74, 6) is 0.817. The zero-order chi connectivity index (χ0) is 17.8. The van der Waals surface area contributed by atoms with Crippen molar-refractivity contribution in [3.8, 4) is 5.69 Å². The van der Waals surface area contributed by atoms with Gasteiger partial charge in [0.05, 0.1) is 23.6 Å². The highest BCUT2D eigenvalue weighted by molar-refractivity contribution is 5.30. The summed E-state index contributed by atoms with van der Waals surface area (Å²) in [5.41, 5.74) is 2.03. The Labute approximate surface area is 153 Å². The van der Waals surface area contributed by atoms with Gasteiger partial charge in [-0.25, -0.2) is 14.6 Å². The Morgan fingerprint density at radius 3 is 2.54 bits per heavy atom. The Bertz CT molecular complexity index is 818. The third-order valence-corrected chi connectivity index (χ3v) is 4.87. The Balaban J connectivity index is 1.44. The molecule has 0 aliphatic carbocycles. The molecule has 7 heteroatoms. The molecular weight excluding hydrogens is 326 g/mol. The van der Waals surface area contributed by atoms with E-state index in [4.69, 9.17) is 0 Å². The van der Waals surface area contributed by atoms with Gasteiger partial charge in [0.25, 0.3) is 0 Å². The quantitative estimate of drug-likeness (QED) is 0.720. The van der Waals surface area contributed by atoms with Crippen molar-refractivity contribution in [1.82, 2.24) is 29.9 Å². The number of hydrogen-bond donors (Lipinski definition) is 0. The van der Waals surface area contributed by atoms with E-state index in [0.717, 1.165) is 49.9 Å². The fourth-order valence-electron chi connectivity index (χ4n) is 3.34. The lowest BCUT2D eigenvalue weighted by atomic mass is 10.2. The molecule has 4 rings (SSSR count). The molecule has 7 nitrogen and oxygen atoms in total. The van der Waals surface area contributed by atoms with Gasteiger partial charge < -0.3 is 4.90 Å². The number of benzene rings is 1. The molecule has 1 fully saturated rings. The number of hydrogen-bond acceptors (Lipinski definition) is 6. The van der Waals surface area contributed by atoms with E-state index in [1.165, 1.54) is 0 Å². The molecule has 3 heterocycles. The first-order valence-electron chi connectivity index (χ1n) is 9.05. The van der Waals surface area contributed by atoms with Crippen molar-refractivity contribution in [2.24, 2.45) is 0 Å². The van der Waals surface area contributed by atoms with Gasteiger partial charge >= 0.3 is 0 Å². The molecule has 0 bridgehead atoms. The van der Waals surface area contributed by atoms with Crippen molar-refractivity contribution in [3.63, 3.8) is 0 Å². The summed E-state index contributed by atoms with van der Waals surface area (Å²) in [7, 11) is 0. The van der Waals surface area contributed by atoms with Crippen LogP contribution in [0.4, 0.5) is 5.95 Å². The van der Waals surface area contributed by atoms with E-state index in [9.17, 15) is 0 Å². The summed E-state index contributed by atoms with van der Waals surface area (Å²) >= 11 is 0. The Kier molecular flexibility index (Phi) is 4.88. The maximum absolute atomic E-state index is 4.41. The molecule has 0 unspecified atom stereocenters. The van der Waals surface area contributed by atoms with Gasteiger partial charge in [-0.1, -0.05) is 23.4 Å². The molecule has 3 aromatic rings. The third kappa shape index (κ3) is 3.57. The standard InChI is InChI=1S/C19H23N7/c1-16(18-15-26(23-22-18)17-7-3-2-4-8-17)24-11-6-12-25(14-13-24)19-20-9-5-10-21-19/h2-5,7-10,15-16H,6,11-14H2,1H3/t16-/m0/s1. The van der Waals surface area contributed by atoms with E-state index in [2.05, 4.69) is 37.0 Å². The predicted molar refractivity (Wildman–Crippen MR) is 100 cm³/mol.